The molecule has 0 bridgehead atoms. The summed E-state index contributed by atoms with van der Waals surface area (Å²) in [5.74, 6) is 1.85. The van der Waals surface area contributed by atoms with Crippen LogP contribution in [0.15, 0.2) is 12.1 Å². The van der Waals surface area contributed by atoms with Gasteiger partial charge in [0.15, 0.2) is 5.82 Å². The minimum atomic E-state index is 0.180. The third kappa shape index (κ3) is 4.10. The van der Waals surface area contributed by atoms with E-state index < -0.39 is 0 Å². The first-order valence-corrected chi connectivity index (χ1v) is 9.47. The molecule has 1 saturated carbocycles. The Morgan fingerprint density at radius 3 is 2.80 bits per heavy atom. The van der Waals surface area contributed by atoms with Crippen molar-refractivity contribution in [3.63, 3.8) is 0 Å². The molecule has 1 amide bonds. The van der Waals surface area contributed by atoms with Crippen LogP contribution in [0.4, 0.5) is 5.82 Å². The number of hydrogen-bond acceptors (Lipinski definition) is 6. The van der Waals surface area contributed by atoms with Crippen molar-refractivity contribution in [3.05, 3.63) is 17.8 Å². The Bertz CT molecular complexity index is 596. The fraction of sp³-hybridized carbons (Fsp3) is 0.722. The molecule has 1 aliphatic carbocycles. The molecule has 0 atom stereocenters. The smallest absolute Gasteiger partial charge is 0.221 e. The monoisotopic (exact) mass is 344 g/mol. The van der Waals surface area contributed by atoms with E-state index in [1.807, 2.05) is 0 Å². The molecule has 7 nitrogen and oxygen atoms in total. The van der Waals surface area contributed by atoms with Crippen LogP contribution in [0, 0.1) is 0 Å². The first-order valence-electron chi connectivity index (χ1n) is 9.47. The number of aromatic nitrogens is 2. The maximum absolute atomic E-state index is 11.4. The van der Waals surface area contributed by atoms with Crippen LogP contribution in [0.1, 0.15) is 30.9 Å². The van der Waals surface area contributed by atoms with E-state index in [2.05, 4.69) is 49.4 Å². The van der Waals surface area contributed by atoms with E-state index in [-0.39, 0.29) is 5.91 Å². The molecule has 1 N–H and O–H groups in total. The summed E-state index contributed by atoms with van der Waals surface area (Å²) in [7, 11) is 2.20. The molecular formula is C18H28N6O. The average molecular weight is 344 g/mol. The summed E-state index contributed by atoms with van der Waals surface area (Å²) in [4.78, 5) is 18.5. The molecule has 4 rings (SSSR count). The normalized spacial score (nSPS) is 22.6. The predicted octanol–water partition coefficient (Wildman–Crippen LogP) is 0.296. The molecule has 3 heterocycles. The van der Waals surface area contributed by atoms with E-state index in [9.17, 15) is 4.79 Å². The molecule has 0 radical (unpaired) electrons. The van der Waals surface area contributed by atoms with Gasteiger partial charge in [0, 0.05) is 64.2 Å². The highest BCUT2D eigenvalue weighted by Gasteiger charge is 2.32. The maximum Gasteiger partial charge on any atom is 0.221 e. The fourth-order valence-electron chi connectivity index (χ4n) is 3.54. The highest BCUT2D eigenvalue weighted by atomic mass is 16.1. The summed E-state index contributed by atoms with van der Waals surface area (Å²) >= 11 is 0. The molecule has 1 aromatic rings. The Kier molecular flexibility index (Phi) is 4.85. The molecule has 2 saturated heterocycles. The Hall–Kier alpha value is -1.73. The van der Waals surface area contributed by atoms with Gasteiger partial charge in [0.25, 0.3) is 0 Å². The molecule has 3 fully saturated rings. The summed E-state index contributed by atoms with van der Waals surface area (Å²) < 4.78 is 0. The summed E-state index contributed by atoms with van der Waals surface area (Å²) in [6.45, 7) is 6.72. The van der Waals surface area contributed by atoms with Crippen molar-refractivity contribution in [2.75, 3.05) is 57.8 Å². The van der Waals surface area contributed by atoms with E-state index in [0.717, 1.165) is 57.3 Å². The molecule has 7 heteroatoms. The quantitative estimate of drug-likeness (QED) is 0.801. The molecule has 0 aromatic carbocycles. The van der Waals surface area contributed by atoms with Crippen molar-refractivity contribution in [2.45, 2.75) is 31.2 Å². The molecule has 2 aliphatic heterocycles. The SMILES string of the molecule is CN(CCN1CCNC(=O)CC1)C1CN(c2ccc(C3CC3)nn2)C1. The van der Waals surface area contributed by atoms with Crippen molar-refractivity contribution in [1.29, 1.82) is 0 Å². The van der Waals surface area contributed by atoms with Crippen LogP contribution >= 0.6 is 0 Å². The van der Waals surface area contributed by atoms with Gasteiger partial charge < -0.3 is 10.2 Å². The van der Waals surface area contributed by atoms with Gasteiger partial charge in [0.05, 0.1) is 5.69 Å². The van der Waals surface area contributed by atoms with Gasteiger partial charge in [0.1, 0.15) is 0 Å². The lowest BCUT2D eigenvalue weighted by atomic mass is 10.1. The van der Waals surface area contributed by atoms with Gasteiger partial charge in [-0.2, -0.15) is 5.10 Å². The number of rotatable bonds is 6. The zero-order valence-corrected chi connectivity index (χ0v) is 15.0. The standard InChI is InChI=1S/C18H28N6O/c1-22(10-11-23-8-6-18(25)19-7-9-23)15-12-24(13-15)17-5-4-16(20-21-17)14-2-3-14/h4-5,14-15H,2-3,6-13H2,1H3,(H,19,25). The number of carbonyl (C=O) groups excluding carboxylic acids is 1. The summed E-state index contributed by atoms with van der Waals surface area (Å²) in [5, 5.41) is 11.7. The van der Waals surface area contributed by atoms with Crippen LogP contribution in [-0.4, -0.2) is 84.8 Å². The molecule has 3 aliphatic rings. The van der Waals surface area contributed by atoms with E-state index in [1.165, 1.54) is 12.8 Å². The van der Waals surface area contributed by atoms with Crippen LogP contribution in [-0.2, 0) is 4.79 Å². The number of nitrogens with one attached hydrogen (secondary N) is 1. The third-order valence-corrected chi connectivity index (χ3v) is 5.65. The summed E-state index contributed by atoms with van der Waals surface area (Å²) in [6, 6.07) is 4.85. The Morgan fingerprint density at radius 2 is 2.08 bits per heavy atom. The van der Waals surface area contributed by atoms with Crippen LogP contribution in [0.25, 0.3) is 0 Å². The van der Waals surface area contributed by atoms with Gasteiger partial charge in [-0.15, -0.1) is 5.10 Å². The van der Waals surface area contributed by atoms with Crippen molar-refractivity contribution >= 4 is 11.7 Å². The minimum absolute atomic E-state index is 0.180. The Labute approximate surface area is 149 Å². The number of hydrogen-bond donors (Lipinski definition) is 1. The zero-order chi connectivity index (χ0) is 17.2. The lowest BCUT2D eigenvalue weighted by Crippen LogP contribution is -2.59. The predicted molar refractivity (Wildman–Crippen MR) is 96.7 cm³/mol. The molecule has 0 spiro atoms. The lowest BCUT2D eigenvalue weighted by Gasteiger charge is -2.44. The van der Waals surface area contributed by atoms with E-state index in [4.69, 9.17) is 0 Å². The molecule has 1 aromatic heterocycles. The average Bonchev–Trinajstić information content (AvgIpc) is 3.41. The van der Waals surface area contributed by atoms with Crippen molar-refractivity contribution < 1.29 is 4.79 Å². The van der Waals surface area contributed by atoms with Crippen LogP contribution < -0.4 is 10.2 Å². The second kappa shape index (κ2) is 7.25. The van der Waals surface area contributed by atoms with Crippen LogP contribution in [0.5, 0.6) is 0 Å². The van der Waals surface area contributed by atoms with Gasteiger partial charge in [-0.3, -0.25) is 14.6 Å². The van der Waals surface area contributed by atoms with Gasteiger partial charge in [0.2, 0.25) is 5.91 Å². The largest absolute Gasteiger partial charge is 0.355 e. The van der Waals surface area contributed by atoms with Gasteiger partial charge in [-0.25, -0.2) is 0 Å². The maximum atomic E-state index is 11.4. The summed E-state index contributed by atoms with van der Waals surface area (Å²) in [6.07, 6.45) is 3.16. The van der Waals surface area contributed by atoms with Crippen LogP contribution in [0.2, 0.25) is 0 Å². The number of amides is 1. The highest BCUT2D eigenvalue weighted by Crippen LogP contribution is 2.38. The van der Waals surface area contributed by atoms with Crippen molar-refractivity contribution in [2.24, 2.45) is 0 Å². The van der Waals surface area contributed by atoms with E-state index in [0.29, 0.717) is 18.4 Å². The molecular weight excluding hydrogens is 316 g/mol. The number of anilines is 1. The first-order chi connectivity index (χ1) is 12.2. The topological polar surface area (TPSA) is 64.6 Å². The second-order valence-corrected chi connectivity index (χ2v) is 7.57. The number of carbonyl (C=O) groups is 1. The molecule has 136 valence electrons. The first kappa shape index (κ1) is 16.7. The zero-order valence-electron chi connectivity index (χ0n) is 15.0. The highest BCUT2D eigenvalue weighted by molar-refractivity contribution is 5.76. The Morgan fingerprint density at radius 1 is 1.24 bits per heavy atom. The minimum Gasteiger partial charge on any atom is -0.355 e. The van der Waals surface area contributed by atoms with Gasteiger partial charge >= 0.3 is 0 Å². The van der Waals surface area contributed by atoms with Gasteiger partial charge in [-0.1, -0.05) is 0 Å². The van der Waals surface area contributed by atoms with E-state index in [1.54, 1.807) is 0 Å². The number of nitrogens with zero attached hydrogens (tertiary/aromatic N) is 5. The van der Waals surface area contributed by atoms with Crippen LogP contribution in [0.3, 0.4) is 0 Å². The molecule has 0 unspecified atom stereocenters. The fourth-order valence-corrected chi connectivity index (χ4v) is 3.54. The second-order valence-electron chi connectivity index (χ2n) is 7.57. The lowest BCUT2D eigenvalue weighted by molar-refractivity contribution is -0.120. The third-order valence-electron chi connectivity index (χ3n) is 5.65. The van der Waals surface area contributed by atoms with Crippen molar-refractivity contribution in [3.8, 4) is 0 Å². The van der Waals surface area contributed by atoms with Crippen molar-refractivity contribution in [1.82, 2.24) is 25.3 Å². The molecule has 25 heavy (non-hydrogen) atoms. The Balaban J connectivity index is 1.19. The number of likely N-dealkylation sites (N-methyl/N-ethyl adjacent to an activating group) is 1. The summed E-state index contributed by atoms with van der Waals surface area (Å²) in [5.41, 5.74) is 1.16. The van der Waals surface area contributed by atoms with Gasteiger partial charge in [-0.05, 0) is 32.0 Å². The van der Waals surface area contributed by atoms with E-state index >= 15 is 0 Å².